The predicted octanol–water partition coefficient (Wildman–Crippen LogP) is 3.47. The van der Waals surface area contributed by atoms with Gasteiger partial charge in [0.05, 0.1) is 11.8 Å². The lowest BCUT2D eigenvalue weighted by atomic mass is 10.2. The molecule has 0 bridgehead atoms. The molecule has 2 aromatic rings. The lowest BCUT2D eigenvalue weighted by Gasteiger charge is -2.23. The van der Waals surface area contributed by atoms with Crippen LogP contribution in [0.3, 0.4) is 0 Å². The molecule has 2 aromatic heterocycles. The quantitative estimate of drug-likeness (QED) is 0.902. The zero-order valence-corrected chi connectivity index (χ0v) is 14.4. The smallest absolute Gasteiger partial charge is 0.355 e. The predicted molar refractivity (Wildman–Crippen MR) is 91.1 cm³/mol. The second-order valence-electron chi connectivity index (χ2n) is 6.29. The van der Waals surface area contributed by atoms with E-state index in [9.17, 15) is 18.0 Å². The van der Waals surface area contributed by atoms with Gasteiger partial charge < -0.3 is 10.2 Å². The molecular weight excluding hydrogens is 347 g/mol. The minimum atomic E-state index is -4.48. The van der Waals surface area contributed by atoms with Gasteiger partial charge in [-0.3, -0.25) is 14.5 Å². The Hall–Kier alpha value is -2.58. The van der Waals surface area contributed by atoms with Crippen LogP contribution in [-0.2, 0) is 13.2 Å². The molecule has 1 N–H and O–H groups in total. The second kappa shape index (κ2) is 7.35. The van der Waals surface area contributed by atoms with Crippen LogP contribution < -0.4 is 10.2 Å². The molecule has 0 spiro atoms. The Morgan fingerprint density at radius 3 is 2.38 bits per heavy atom. The zero-order chi connectivity index (χ0) is 18.7. The van der Waals surface area contributed by atoms with Crippen LogP contribution in [0.2, 0.25) is 0 Å². The summed E-state index contributed by atoms with van der Waals surface area (Å²) in [7, 11) is 1.80. The number of rotatable bonds is 3. The van der Waals surface area contributed by atoms with E-state index in [4.69, 9.17) is 0 Å². The molecule has 26 heavy (non-hydrogen) atoms. The minimum Gasteiger partial charge on any atom is -0.355 e. The van der Waals surface area contributed by atoms with Gasteiger partial charge in [-0.05, 0) is 25.0 Å². The summed E-state index contributed by atoms with van der Waals surface area (Å²) in [6, 6.07) is 1.92. The SMILES string of the molecule is Cn1ncc(NC(=O)c2ccc(C(F)(F)F)cn2)c1N1CCCCCC1. The molecule has 9 heteroatoms. The van der Waals surface area contributed by atoms with Crippen molar-refractivity contribution in [1.82, 2.24) is 14.8 Å². The molecule has 140 valence electrons. The second-order valence-corrected chi connectivity index (χ2v) is 6.29. The van der Waals surface area contributed by atoms with Gasteiger partial charge in [0.1, 0.15) is 11.4 Å². The van der Waals surface area contributed by atoms with Crippen molar-refractivity contribution in [3.8, 4) is 0 Å². The fourth-order valence-electron chi connectivity index (χ4n) is 3.06. The van der Waals surface area contributed by atoms with Crippen molar-refractivity contribution >= 4 is 17.4 Å². The van der Waals surface area contributed by atoms with E-state index in [-0.39, 0.29) is 5.69 Å². The molecule has 0 saturated carbocycles. The number of nitrogens with zero attached hydrogens (tertiary/aromatic N) is 4. The molecule has 1 amide bonds. The lowest BCUT2D eigenvalue weighted by Crippen LogP contribution is -2.27. The highest BCUT2D eigenvalue weighted by molar-refractivity contribution is 6.04. The molecule has 1 aliphatic heterocycles. The Balaban J connectivity index is 1.77. The molecule has 6 nitrogen and oxygen atoms in total. The summed E-state index contributed by atoms with van der Waals surface area (Å²) in [5.74, 6) is 0.231. The molecule has 0 aromatic carbocycles. The molecule has 0 radical (unpaired) electrons. The third-order valence-electron chi connectivity index (χ3n) is 4.38. The first kappa shape index (κ1) is 18.2. The molecule has 1 fully saturated rings. The number of nitrogens with one attached hydrogen (secondary N) is 1. The number of aryl methyl sites for hydroxylation is 1. The molecule has 0 unspecified atom stereocenters. The van der Waals surface area contributed by atoms with E-state index >= 15 is 0 Å². The lowest BCUT2D eigenvalue weighted by molar-refractivity contribution is -0.137. The van der Waals surface area contributed by atoms with Gasteiger partial charge in [0, 0.05) is 26.3 Å². The number of halogens is 3. The summed E-state index contributed by atoms with van der Waals surface area (Å²) < 4.78 is 39.5. The van der Waals surface area contributed by atoms with Gasteiger partial charge in [-0.15, -0.1) is 0 Å². The molecule has 0 atom stereocenters. The third-order valence-corrected chi connectivity index (χ3v) is 4.38. The summed E-state index contributed by atoms with van der Waals surface area (Å²) in [6.45, 7) is 1.75. The van der Waals surface area contributed by atoms with E-state index in [2.05, 4.69) is 20.3 Å². The largest absolute Gasteiger partial charge is 0.417 e. The molecule has 1 aliphatic rings. The number of aromatic nitrogens is 3. The Kier molecular flexibility index (Phi) is 5.15. The Bertz CT molecular complexity index is 762. The van der Waals surface area contributed by atoms with Gasteiger partial charge in [0.2, 0.25) is 0 Å². The van der Waals surface area contributed by atoms with Crippen LogP contribution in [0.25, 0.3) is 0 Å². The Morgan fingerprint density at radius 2 is 1.81 bits per heavy atom. The standard InChI is InChI=1S/C17H20F3N5O/c1-24-16(25-8-4-2-3-5-9-25)14(11-22-24)23-15(26)13-7-6-12(10-21-13)17(18,19)20/h6-7,10-11H,2-5,8-9H2,1H3,(H,23,26). The van der Waals surface area contributed by atoms with Crippen LogP contribution in [0.1, 0.15) is 41.7 Å². The average Bonchev–Trinajstić information content (AvgIpc) is 2.80. The first-order chi connectivity index (χ1) is 12.4. The molecule has 3 heterocycles. The topological polar surface area (TPSA) is 63.1 Å². The summed E-state index contributed by atoms with van der Waals surface area (Å²) in [5.41, 5.74) is -0.439. The van der Waals surface area contributed by atoms with Crippen molar-refractivity contribution in [2.24, 2.45) is 7.05 Å². The van der Waals surface area contributed by atoms with Crippen LogP contribution in [0.4, 0.5) is 24.7 Å². The summed E-state index contributed by atoms with van der Waals surface area (Å²) in [6.07, 6.45) is 2.20. The highest BCUT2D eigenvalue weighted by Gasteiger charge is 2.31. The fourth-order valence-corrected chi connectivity index (χ4v) is 3.06. The van der Waals surface area contributed by atoms with Crippen molar-refractivity contribution in [1.29, 1.82) is 0 Å². The van der Waals surface area contributed by atoms with Gasteiger partial charge >= 0.3 is 6.18 Å². The number of carbonyl (C=O) groups excluding carboxylic acids is 1. The maximum Gasteiger partial charge on any atom is 0.417 e. The van der Waals surface area contributed by atoms with Crippen molar-refractivity contribution in [3.05, 3.63) is 35.8 Å². The van der Waals surface area contributed by atoms with E-state index in [0.29, 0.717) is 11.9 Å². The van der Waals surface area contributed by atoms with Crippen molar-refractivity contribution in [2.45, 2.75) is 31.9 Å². The van der Waals surface area contributed by atoms with Crippen LogP contribution in [-0.4, -0.2) is 33.8 Å². The Morgan fingerprint density at radius 1 is 1.12 bits per heavy atom. The van der Waals surface area contributed by atoms with E-state index in [1.54, 1.807) is 17.9 Å². The van der Waals surface area contributed by atoms with E-state index in [0.717, 1.165) is 43.9 Å². The van der Waals surface area contributed by atoms with Crippen LogP contribution in [0, 0.1) is 0 Å². The first-order valence-electron chi connectivity index (χ1n) is 8.48. The fraction of sp³-hybridized carbons (Fsp3) is 0.471. The number of alkyl halides is 3. The van der Waals surface area contributed by atoms with Gasteiger partial charge in [0.25, 0.3) is 5.91 Å². The van der Waals surface area contributed by atoms with Gasteiger partial charge in [-0.1, -0.05) is 12.8 Å². The summed E-state index contributed by atoms with van der Waals surface area (Å²) >= 11 is 0. The molecule has 1 saturated heterocycles. The number of hydrogen-bond donors (Lipinski definition) is 1. The third kappa shape index (κ3) is 3.97. The van der Waals surface area contributed by atoms with Crippen molar-refractivity contribution in [3.63, 3.8) is 0 Å². The minimum absolute atomic E-state index is 0.0799. The number of pyridine rings is 1. The van der Waals surface area contributed by atoms with Gasteiger partial charge in [0.15, 0.2) is 5.82 Å². The summed E-state index contributed by atoms with van der Waals surface area (Å²) in [5, 5.41) is 6.92. The number of amides is 1. The maximum absolute atomic E-state index is 12.6. The van der Waals surface area contributed by atoms with E-state index < -0.39 is 17.6 Å². The van der Waals surface area contributed by atoms with Crippen LogP contribution in [0.15, 0.2) is 24.5 Å². The summed E-state index contributed by atoms with van der Waals surface area (Å²) in [4.78, 5) is 18.2. The molecular formula is C17H20F3N5O. The monoisotopic (exact) mass is 367 g/mol. The van der Waals surface area contributed by atoms with Gasteiger partial charge in [-0.2, -0.15) is 18.3 Å². The van der Waals surface area contributed by atoms with Crippen molar-refractivity contribution in [2.75, 3.05) is 23.3 Å². The first-order valence-corrected chi connectivity index (χ1v) is 8.48. The van der Waals surface area contributed by atoms with Crippen LogP contribution in [0.5, 0.6) is 0 Å². The zero-order valence-electron chi connectivity index (χ0n) is 14.4. The maximum atomic E-state index is 12.6. The highest BCUT2D eigenvalue weighted by atomic mass is 19.4. The number of carbonyl (C=O) groups is 1. The van der Waals surface area contributed by atoms with Crippen LogP contribution >= 0.6 is 0 Å². The van der Waals surface area contributed by atoms with E-state index in [1.165, 1.54) is 12.8 Å². The average molecular weight is 367 g/mol. The Labute approximate surface area is 149 Å². The molecule has 3 rings (SSSR count). The van der Waals surface area contributed by atoms with E-state index in [1.807, 2.05) is 0 Å². The normalized spacial score (nSPS) is 15.6. The van der Waals surface area contributed by atoms with Crippen molar-refractivity contribution < 1.29 is 18.0 Å². The van der Waals surface area contributed by atoms with Gasteiger partial charge in [-0.25, -0.2) is 0 Å². The highest BCUT2D eigenvalue weighted by Crippen LogP contribution is 2.29. The molecule has 0 aliphatic carbocycles. The number of hydrogen-bond acceptors (Lipinski definition) is 4. The number of anilines is 2.